The summed E-state index contributed by atoms with van der Waals surface area (Å²) in [5.41, 5.74) is 0. The lowest BCUT2D eigenvalue weighted by atomic mass is 10.4. The third kappa shape index (κ3) is 5.60. The second-order valence-corrected chi connectivity index (χ2v) is 4.83. The summed E-state index contributed by atoms with van der Waals surface area (Å²) in [5, 5.41) is 15.8. The van der Waals surface area contributed by atoms with Gasteiger partial charge in [-0.15, -0.1) is 11.3 Å². The quantitative estimate of drug-likeness (QED) is 0.417. The van der Waals surface area contributed by atoms with E-state index in [1.54, 1.807) is 6.20 Å². The van der Waals surface area contributed by atoms with E-state index in [0.717, 1.165) is 11.1 Å². The first-order valence-corrected chi connectivity index (χ1v) is 6.18. The van der Waals surface area contributed by atoms with Crippen molar-refractivity contribution in [2.45, 2.75) is 6.42 Å². The monoisotopic (exact) mass is 290 g/mol. The van der Waals surface area contributed by atoms with Crippen LogP contribution in [-0.2, 0) is 11.2 Å². The molecule has 1 aromatic rings. The molecule has 0 fully saturated rings. The number of hydrogen-bond donors (Lipinski definition) is 2. The molecule has 0 saturated heterocycles. The zero-order valence-electron chi connectivity index (χ0n) is 9.26. The second kappa shape index (κ2) is 7.62. The minimum atomic E-state index is -0.594. The molecule has 0 aliphatic heterocycles. The molecule has 0 aliphatic carbocycles. The van der Waals surface area contributed by atoms with E-state index in [1.165, 1.54) is 11.3 Å². The van der Waals surface area contributed by atoms with Crippen LogP contribution >= 0.6 is 22.9 Å². The molecule has 2 N–H and O–H groups in total. The van der Waals surface area contributed by atoms with Crippen LogP contribution in [0.2, 0.25) is 4.47 Å². The average molecular weight is 291 g/mol. The number of hydrogen-bond acceptors (Lipinski definition) is 7. The van der Waals surface area contributed by atoms with Crippen LogP contribution in [0.15, 0.2) is 18.2 Å². The molecule has 7 nitrogen and oxygen atoms in total. The number of carbonyl (C=O) groups excluding carboxylic acids is 1. The average Bonchev–Trinajstić information content (AvgIpc) is 2.71. The molecule has 98 valence electrons. The molecular weight excluding hydrogens is 280 g/mol. The highest BCUT2D eigenvalue weighted by Gasteiger charge is 2.03. The Balaban J connectivity index is 2.41. The summed E-state index contributed by atoms with van der Waals surface area (Å²) < 4.78 is 0.463. The minimum absolute atomic E-state index is 0.0130. The molecule has 9 heteroatoms. The van der Waals surface area contributed by atoms with Gasteiger partial charge in [-0.05, 0) is 0 Å². The van der Waals surface area contributed by atoms with Crippen LogP contribution < -0.4 is 10.6 Å². The van der Waals surface area contributed by atoms with Gasteiger partial charge in [0.15, 0.2) is 10.3 Å². The molecule has 0 atom stereocenters. The molecule has 0 saturated carbocycles. The van der Waals surface area contributed by atoms with Crippen LogP contribution in [0.1, 0.15) is 4.88 Å². The fourth-order valence-corrected chi connectivity index (χ4v) is 2.11. The van der Waals surface area contributed by atoms with Crippen LogP contribution in [0, 0.1) is 10.1 Å². The van der Waals surface area contributed by atoms with Crippen molar-refractivity contribution in [1.82, 2.24) is 15.6 Å². The highest BCUT2D eigenvalue weighted by Crippen LogP contribution is 2.17. The topological polar surface area (TPSA) is 97.2 Å². The molecule has 0 aromatic carbocycles. The number of aromatic nitrogens is 1. The van der Waals surface area contributed by atoms with E-state index >= 15 is 0 Å². The molecule has 1 aromatic heterocycles. The lowest BCUT2D eigenvalue weighted by molar-refractivity contribution is -0.404. The van der Waals surface area contributed by atoms with Crippen LogP contribution in [0.5, 0.6) is 0 Å². The van der Waals surface area contributed by atoms with Crippen molar-refractivity contribution in [2.24, 2.45) is 0 Å². The Bertz CT molecular complexity index is 449. The molecule has 0 spiro atoms. The van der Waals surface area contributed by atoms with Crippen molar-refractivity contribution in [1.29, 1.82) is 0 Å². The van der Waals surface area contributed by atoms with E-state index in [1.807, 2.05) is 0 Å². The van der Waals surface area contributed by atoms with Crippen LogP contribution in [0.3, 0.4) is 0 Å². The summed E-state index contributed by atoms with van der Waals surface area (Å²) in [7, 11) is 0. The number of rotatable bonds is 8. The van der Waals surface area contributed by atoms with E-state index in [4.69, 9.17) is 11.6 Å². The Kier molecular flexibility index (Phi) is 6.09. The maximum absolute atomic E-state index is 10.3. The van der Waals surface area contributed by atoms with Gasteiger partial charge in [-0.1, -0.05) is 11.6 Å². The Morgan fingerprint density at radius 1 is 1.61 bits per heavy atom. The van der Waals surface area contributed by atoms with E-state index in [2.05, 4.69) is 15.6 Å². The van der Waals surface area contributed by atoms with Crippen LogP contribution in [-0.4, -0.2) is 29.3 Å². The van der Waals surface area contributed by atoms with Gasteiger partial charge in [-0.2, -0.15) is 0 Å². The molecule has 18 heavy (non-hydrogen) atoms. The molecule has 1 heterocycles. The standard InChI is InChI=1S/C9H11ClN4O3S/c10-9-13-5-7(18-9)1-2-11-8(6-14(16)17)12-3-4-15/h4-6,11-12H,1-3H2/b8-6-. The molecule has 0 aliphatic rings. The summed E-state index contributed by atoms with van der Waals surface area (Å²) in [6, 6.07) is 0. The fraction of sp³-hybridized carbons (Fsp3) is 0.333. The number of aldehydes is 1. The minimum Gasteiger partial charge on any atom is -0.366 e. The molecular formula is C9H11ClN4O3S. The maximum Gasteiger partial charge on any atom is 0.274 e. The number of nitrogens with zero attached hydrogens (tertiary/aromatic N) is 2. The first-order valence-electron chi connectivity index (χ1n) is 4.98. The van der Waals surface area contributed by atoms with Gasteiger partial charge < -0.3 is 15.4 Å². The van der Waals surface area contributed by atoms with E-state index in [-0.39, 0.29) is 12.4 Å². The SMILES string of the molecule is O=CCN/C(=C\[N+](=O)[O-])NCCc1cnc(Cl)s1. The third-order valence-corrected chi connectivity index (χ3v) is 3.00. The number of nitro groups is 1. The number of thiazole rings is 1. The molecule has 0 bridgehead atoms. The third-order valence-electron chi connectivity index (χ3n) is 1.82. The van der Waals surface area contributed by atoms with Crippen molar-refractivity contribution in [3.63, 3.8) is 0 Å². The predicted octanol–water partition coefficient (Wildman–Crippen LogP) is 0.793. The van der Waals surface area contributed by atoms with Gasteiger partial charge in [0, 0.05) is 24.0 Å². The van der Waals surface area contributed by atoms with Crippen molar-refractivity contribution < 1.29 is 9.72 Å². The lowest BCUT2D eigenvalue weighted by Gasteiger charge is -2.08. The zero-order chi connectivity index (χ0) is 13.4. The molecule has 0 unspecified atom stereocenters. The van der Waals surface area contributed by atoms with Crippen LogP contribution in [0.4, 0.5) is 0 Å². The molecule has 0 amide bonds. The summed E-state index contributed by atoms with van der Waals surface area (Å²) in [4.78, 5) is 24.8. The Hall–Kier alpha value is -1.67. The summed E-state index contributed by atoms with van der Waals surface area (Å²) in [6.45, 7) is 0.489. The van der Waals surface area contributed by atoms with Gasteiger partial charge in [0.25, 0.3) is 6.20 Å². The zero-order valence-corrected chi connectivity index (χ0v) is 10.8. The van der Waals surface area contributed by atoms with E-state index in [0.29, 0.717) is 23.7 Å². The van der Waals surface area contributed by atoms with Gasteiger partial charge in [-0.3, -0.25) is 10.1 Å². The highest BCUT2D eigenvalue weighted by atomic mass is 35.5. The molecule has 0 radical (unpaired) electrons. The van der Waals surface area contributed by atoms with Crippen molar-refractivity contribution in [3.05, 3.63) is 37.7 Å². The number of carbonyl (C=O) groups is 1. The predicted molar refractivity (Wildman–Crippen MR) is 68.0 cm³/mol. The van der Waals surface area contributed by atoms with Gasteiger partial charge in [0.2, 0.25) is 0 Å². The maximum atomic E-state index is 10.3. The summed E-state index contributed by atoms with van der Waals surface area (Å²) >= 11 is 7.03. The van der Waals surface area contributed by atoms with Crippen molar-refractivity contribution in [3.8, 4) is 0 Å². The first kappa shape index (κ1) is 14.4. The van der Waals surface area contributed by atoms with Gasteiger partial charge in [0.05, 0.1) is 11.5 Å². The first-order chi connectivity index (χ1) is 8.61. The molecule has 1 rings (SSSR count). The fourth-order valence-electron chi connectivity index (χ4n) is 1.13. The smallest absolute Gasteiger partial charge is 0.274 e. The number of halogens is 1. The van der Waals surface area contributed by atoms with Crippen molar-refractivity contribution >= 4 is 29.2 Å². The summed E-state index contributed by atoms with van der Waals surface area (Å²) in [6.07, 6.45) is 3.70. The lowest BCUT2D eigenvalue weighted by Crippen LogP contribution is -2.29. The normalized spacial score (nSPS) is 11.1. The number of nitrogens with one attached hydrogen (secondary N) is 2. The van der Waals surface area contributed by atoms with Gasteiger partial charge >= 0.3 is 0 Å². The highest BCUT2D eigenvalue weighted by molar-refractivity contribution is 7.15. The largest absolute Gasteiger partial charge is 0.366 e. The van der Waals surface area contributed by atoms with E-state index < -0.39 is 4.92 Å². The Morgan fingerprint density at radius 3 is 2.94 bits per heavy atom. The van der Waals surface area contributed by atoms with Gasteiger partial charge in [-0.25, -0.2) is 4.98 Å². The van der Waals surface area contributed by atoms with Crippen molar-refractivity contribution in [2.75, 3.05) is 13.1 Å². The summed E-state index contributed by atoms with van der Waals surface area (Å²) in [5.74, 6) is 0.197. The Labute approximate surface area is 112 Å². The van der Waals surface area contributed by atoms with Gasteiger partial charge in [0.1, 0.15) is 6.29 Å². The van der Waals surface area contributed by atoms with Crippen LogP contribution in [0.25, 0.3) is 0 Å². The Morgan fingerprint density at radius 2 is 2.39 bits per heavy atom. The second-order valence-electron chi connectivity index (χ2n) is 3.13. The van der Waals surface area contributed by atoms with E-state index in [9.17, 15) is 14.9 Å².